The molecule has 1 unspecified atom stereocenters. The molecule has 0 saturated carbocycles. The molecule has 3 rings (SSSR count). The normalized spacial score (nSPS) is 16.2. The first kappa shape index (κ1) is 21.8. The van der Waals surface area contributed by atoms with E-state index in [4.69, 9.17) is 9.47 Å². The number of methoxy groups -OCH3 is 1. The van der Waals surface area contributed by atoms with Crippen LogP contribution in [0.5, 0.6) is 0 Å². The van der Waals surface area contributed by atoms with Crippen LogP contribution in [0.15, 0.2) is 36.4 Å². The van der Waals surface area contributed by atoms with Crippen LogP contribution in [-0.2, 0) is 19.1 Å². The molecule has 0 radical (unpaired) electrons. The number of carbonyl (C=O) groups excluding carboxylic acids is 2. The maximum Gasteiger partial charge on any atom is 0.307 e. The van der Waals surface area contributed by atoms with E-state index in [-0.39, 0.29) is 24.4 Å². The second-order valence-corrected chi connectivity index (χ2v) is 7.41. The highest BCUT2D eigenvalue weighted by Crippen LogP contribution is 2.20. The summed E-state index contributed by atoms with van der Waals surface area (Å²) in [5.41, 5.74) is 3.70. The first-order valence-corrected chi connectivity index (χ1v) is 10.3. The lowest BCUT2D eigenvalue weighted by atomic mass is 10.1. The molecule has 30 heavy (non-hydrogen) atoms. The second kappa shape index (κ2) is 10.2. The number of carbonyl (C=O) groups is 2. The minimum absolute atomic E-state index is 0.0179. The van der Waals surface area contributed by atoms with E-state index >= 15 is 0 Å². The number of benzene rings is 1. The average Bonchev–Trinajstić information content (AvgIpc) is 3.37. The van der Waals surface area contributed by atoms with Crippen LogP contribution in [0.4, 0.5) is 0 Å². The molecule has 1 aliphatic rings. The van der Waals surface area contributed by atoms with E-state index in [1.807, 2.05) is 48.9 Å². The van der Waals surface area contributed by atoms with Crippen molar-refractivity contribution in [1.82, 2.24) is 14.7 Å². The molecule has 0 spiro atoms. The van der Waals surface area contributed by atoms with Crippen molar-refractivity contribution in [3.63, 3.8) is 0 Å². The van der Waals surface area contributed by atoms with E-state index in [1.54, 1.807) is 17.1 Å². The summed E-state index contributed by atoms with van der Waals surface area (Å²) in [6.07, 6.45) is 5.46. The highest BCUT2D eigenvalue weighted by molar-refractivity contribution is 5.92. The number of rotatable bonds is 8. The largest absolute Gasteiger partial charge is 0.469 e. The van der Waals surface area contributed by atoms with Crippen LogP contribution >= 0.6 is 0 Å². The standard InChI is InChI=1S/C23H29N3O4/c1-17-21(18(2)26(24-17)19-8-5-4-6-9-19)11-12-22(27)25(14-13-23(28)29-3)16-20-10-7-15-30-20/h4-6,8-9,11-12,20H,7,10,13-16H2,1-3H3. The molecule has 160 valence electrons. The Morgan fingerprint density at radius 3 is 2.73 bits per heavy atom. The van der Waals surface area contributed by atoms with Gasteiger partial charge in [-0.2, -0.15) is 5.10 Å². The third-order valence-corrected chi connectivity index (χ3v) is 5.31. The van der Waals surface area contributed by atoms with Crippen molar-refractivity contribution < 1.29 is 19.1 Å². The van der Waals surface area contributed by atoms with Gasteiger partial charge in [-0.15, -0.1) is 0 Å². The SMILES string of the molecule is COC(=O)CCN(CC1CCCO1)C(=O)C=Cc1c(C)nn(-c2ccccc2)c1C. The summed E-state index contributed by atoms with van der Waals surface area (Å²) in [4.78, 5) is 26.1. The lowest BCUT2D eigenvalue weighted by Crippen LogP contribution is -2.38. The Morgan fingerprint density at radius 1 is 1.30 bits per heavy atom. The van der Waals surface area contributed by atoms with Crippen LogP contribution in [0.2, 0.25) is 0 Å². The molecule has 2 heterocycles. The lowest BCUT2D eigenvalue weighted by Gasteiger charge is -2.24. The van der Waals surface area contributed by atoms with Crippen LogP contribution in [0.1, 0.15) is 36.2 Å². The molecule has 0 N–H and O–H groups in total. The quantitative estimate of drug-likeness (QED) is 0.493. The van der Waals surface area contributed by atoms with E-state index in [0.29, 0.717) is 13.1 Å². The predicted octanol–water partition coefficient (Wildman–Crippen LogP) is 3.07. The monoisotopic (exact) mass is 411 g/mol. The van der Waals surface area contributed by atoms with Crippen molar-refractivity contribution in [2.24, 2.45) is 0 Å². The summed E-state index contributed by atoms with van der Waals surface area (Å²) in [7, 11) is 1.35. The third-order valence-electron chi connectivity index (χ3n) is 5.31. The third kappa shape index (κ3) is 5.36. The van der Waals surface area contributed by atoms with Crippen LogP contribution in [0, 0.1) is 13.8 Å². The lowest BCUT2D eigenvalue weighted by molar-refractivity contribution is -0.141. The van der Waals surface area contributed by atoms with Crippen molar-refractivity contribution in [2.75, 3.05) is 26.8 Å². The van der Waals surface area contributed by atoms with Crippen LogP contribution in [0.3, 0.4) is 0 Å². The molecular formula is C23H29N3O4. The van der Waals surface area contributed by atoms with Crippen molar-refractivity contribution in [3.05, 3.63) is 53.4 Å². The van der Waals surface area contributed by atoms with Gasteiger partial charge in [0.2, 0.25) is 5.91 Å². The highest BCUT2D eigenvalue weighted by atomic mass is 16.5. The second-order valence-electron chi connectivity index (χ2n) is 7.41. The van der Waals surface area contributed by atoms with E-state index in [0.717, 1.165) is 42.1 Å². The Hall–Kier alpha value is -2.93. The molecular weight excluding hydrogens is 382 g/mol. The predicted molar refractivity (Wildman–Crippen MR) is 114 cm³/mol. The fourth-order valence-corrected chi connectivity index (χ4v) is 3.63. The number of para-hydroxylation sites is 1. The van der Waals surface area contributed by atoms with Crippen LogP contribution in [-0.4, -0.2) is 59.5 Å². The van der Waals surface area contributed by atoms with E-state index in [1.165, 1.54) is 7.11 Å². The highest BCUT2D eigenvalue weighted by Gasteiger charge is 2.22. The Bertz CT molecular complexity index is 899. The zero-order valence-corrected chi connectivity index (χ0v) is 17.8. The number of nitrogens with zero attached hydrogens (tertiary/aromatic N) is 3. The van der Waals surface area contributed by atoms with Gasteiger partial charge in [-0.3, -0.25) is 9.59 Å². The summed E-state index contributed by atoms with van der Waals surface area (Å²) >= 11 is 0. The average molecular weight is 412 g/mol. The molecule has 0 aliphatic carbocycles. The van der Waals surface area contributed by atoms with Crippen molar-refractivity contribution in [1.29, 1.82) is 0 Å². The number of ether oxygens (including phenoxy) is 2. The van der Waals surface area contributed by atoms with Gasteiger partial charge in [0.25, 0.3) is 0 Å². The Labute approximate surface area is 177 Å². The Kier molecular flexibility index (Phi) is 7.41. The fraction of sp³-hybridized carbons (Fsp3) is 0.435. The zero-order chi connectivity index (χ0) is 21.5. The molecule has 7 heteroatoms. The molecule has 1 aliphatic heterocycles. The van der Waals surface area contributed by atoms with Crippen LogP contribution in [0.25, 0.3) is 11.8 Å². The molecule has 7 nitrogen and oxygen atoms in total. The summed E-state index contributed by atoms with van der Waals surface area (Å²) in [5, 5.41) is 4.62. The van der Waals surface area contributed by atoms with Crippen molar-refractivity contribution >= 4 is 18.0 Å². The summed E-state index contributed by atoms with van der Waals surface area (Å²) < 4.78 is 12.3. The maximum absolute atomic E-state index is 12.9. The molecule has 1 aromatic heterocycles. The van der Waals surface area contributed by atoms with Crippen molar-refractivity contribution in [2.45, 2.75) is 39.2 Å². The Balaban J connectivity index is 1.75. The molecule has 1 fully saturated rings. The number of hydrogen-bond acceptors (Lipinski definition) is 5. The summed E-state index contributed by atoms with van der Waals surface area (Å²) in [6, 6.07) is 9.89. The Morgan fingerprint density at radius 2 is 2.07 bits per heavy atom. The van der Waals surface area contributed by atoms with E-state index in [2.05, 4.69) is 5.10 Å². The number of esters is 1. The van der Waals surface area contributed by atoms with Crippen molar-refractivity contribution in [3.8, 4) is 5.69 Å². The van der Waals surface area contributed by atoms with Gasteiger partial charge in [-0.05, 0) is 44.9 Å². The van der Waals surface area contributed by atoms with Gasteiger partial charge in [0.1, 0.15) is 0 Å². The van der Waals surface area contributed by atoms with Gasteiger partial charge in [-0.1, -0.05) is 18.2 Å². The molecule has 2 aromatic rings. The van der Waals surface area contributed by atoms with E-state index < -0.39 is 0 Å². The van der Waals surface area contributed by atoms with Gasteiger partial charge in [0.15, 0.2) is 0 Å². The maximum atomic E-state index is 12.9. The topological polar surface area (TPSA) is 73.7 Å². The van der Waals surface area contributed by atoms with Gasteiger partial charge < -0.3 is 14.4 Å². The minimum Gasteiger partial charge on any atom is -0.469 e. The van der Waals surface area contributed by atoms with Gasteiger partial charge >= 0.3 is 5.97 Å². The first-order valence-electron chi connectivity index (χ1n) is 10.3. The fourth-order valence-electron chi connectivity index (χ4n) is 3.63. The molecule has 1 amide bonds. The molecule has 1 saturated heterocycles. The molecule has 1 aromatic carbocycles. The number of hydrogen-bond donors (Lipinski definition) is 0. The van der Waals surface area contributed by atoms with Gasteiger partial charge in [-0.25, -0.2) is 4.68 Å². The first-order chi connectivity index (χ1) is 14.5. The summed E-state index contributed by atoms with van der Waals surface area (Å²) in [5.74, 6) is -0.486. The minimum atomic E-state index is -0.333. The van der Waals surface area contributed by atoms with Crippen LogP contribution < -0.4 is 0 Å². The van der Waals surface area contributed by atoms with Gasteiger partial charge in [0, 0.05) is 37.0 Å². The van der Waals surface area contributed by atoms with Gasteiger partial charge in [0.05, 0.1) is 31.0 Å². The molecule has 0 bridgehead atoms. The number of aryl methyl sites for hydroxylation is 1. The zero-order valence-electron chi connectivity index (χ0n) is 17.8. The molecule has 1 atom stereocenters. The smallest absolute Gasteiger partial charge is 0.307 e. The summed E-state index contributed by atoms with van der Waals surface area (Å²) in [6.45, 7) is 5.41. The number of aromatic nitrogens is 2. The number of amides is 1. The van der Waals surface area contributed by atoms with E-state index in [9.17, 15) is 9.59 Å².